The number of aromatic amines is 1. The third-order valence-corrected chi connectivity index (χ3v) is 3.84. The summed E-state index contributed by atoms with van der Waals surface area (Å²) < 4.78 is 0. The lowest BCUT2D eigenvalue weighted by molar-refractivity contribution is 0.476. The minimum absolute atomic E-state index is 0.0643. The topological polar surface area (TPSA) is 78.0 Å². The maximum absolute atomic E-state index is 9.94. The first-order valence-electron chi connectivity index (χ1n) is 7.80. The van der Waals surface area contributed by atoms with Crippen LogP contribution in [0.1, 0.15) is 50.8 Å². The lowest BCUT2D eigenvalue weighted by Crippen LogP contribution is -1.90. The van der Waals surface area contributed by atoms with Gasteiger partial charge < -0.3 is 5.11 Å². The molecule has 2 N–H and O–H groups in total. The van der Waals surface area contributed by atoms with Crippen LogP contribution in [0.25, 0.3) is 4.85 Å². The second-order valence-electron chi connectivity index (χ2n) is 5.49. The Kier molecular flexibility index (Phi) is 5.47. The summed E-state index contributed by atoms with van der Waals surface area (Å²) >= 11 is 0. The van der Waals surface area contributed by atoms with E-state index in [2.05, 4.69) is 39.1 Å². The Labute approximate surface area is 136 Å². The number of aromatic hydroxyl groups is 1. The van der Waals surface area contributed by atoms with Gasteiger partial charge in [0.1, 0.15) is 11.4 Å². The van der Waals surface area contributed by atoms with Crippen LogP contribution < -0.4 is 0 Å². The van der Waals surface area contributed by atoms with Gasteiger partial charge in [0.25, 0.3) is 5.69 Å². The Hall–Kier alpha value is -2.68. The van der Waals surface area contributed by atoms with Crippen LogP contribution in [0.15, 0.2) is 28.4 Å². The molecule has 1 heterocycles. The van der Waals surface area contributed by atoms with Crippen LogP contribution >= 0.6 is 0 Å². The largest absolute Gasteiger partial charge is 0.506 e. The Balaban J connectivity index is 2.32. The number of benzene rings is 1. The zero-order valence-corrected chi connectivity index (χ0v) is 13.7. The van der Waals surface area contributed by atoms with Gasteiger partial charge in [0, 0.05) is 5.69 Å². The van der Waals surface area contributed by atoms with E-state index in [1.807, 2.05) is 19.1 Å². The lowest BCUT2D eigenvalue weighted by Gasteiger charge is -2.09. The Morgan fingerprint density at radius 2 is 2.13 bits per heavy atom. The number of hydrogen-bond acceptors (Lipinski definition) is 4. The van der Waals surface area contributed by atoms with Gasteiger partial charge in [-0.15, -0.1) is 10.2 Å². The van der Waals surface area contributed by atoms with Crippen molar-refractivity contribution in [1.82, 2.24) is 10.2 Å². The number of aromatic nitrogens is 2. The summed E-state index contributed by atoms with van der Waals surface area (Å²) in [6.07, 6.45) is 2.66. The van der Waals surface area contributed by atoms with Gasteiger partial charge in [-0.2, -0.15) is 5.10 Å². The molecule has 0 aliphatic carbocycles. The van der Waals surface area contributed by atoms with Crippen LogP contribution in [-0.2, 0) is 6.42 Å². The summed E-state index contributed by atoms with van der Waals surface area (Å²) in [6.45, 7) is 13.5. The minimum atomic E-state index is 0.0643. The molecule has 0 amide bonds. The van der Waals surface area contributed by atoms with Gasteiger partial charge in [-0.1, -0.05) is 33.3 Å². The maximum atomic E-state index is 9.94. The molecular weight excluding hydrogens is 290 g/mol. The number of H-pyrrole nitrogens is 1. The number of azo groups is 1. The molecule has 0 radical (unpaired) electrons. The fourth-order valence-corrected chi connectivity index (χ4v) is 2.24. The number of phenolic OH excluding ortho intramolecular Hbond substituents is 1. The highest BCUT2D eigenvalue weighted by atomic mass is 16.3. The highest BCUT2D eigenvalue weighted by Crippen LogP contribution is 2.35. The van der Waals surface area contributed by atoms with Crippen molar-refractivity contribution in [3.8, 4) is 5.75 Å². The van der Waals surface area contributed by atoms with Crippen molar-refractivity contribution >= 4 is 17.2 Å². The van der Waals surface area contributed by atoms with Crippen molar-refractivity contribution in [3.63, 3.8) is 0 Å². The number of nitrogens with one attached hydrogen (secondary N) is 1. The van der Waals surface area contributed by atoms with E-state index in [1.165, 1.54) is 0 Å². The lowest BCUT2D eigenvalue weighted by atomic mass is 9.98. The van der Waals surface area contributed by atoms with Crippen LogP contribution in [0.3, 0.4) is 0 Å². The molecule has 0 saturated heterocycles. The van der Waals surface area contributed by atoms with E-state index in [9.17, 15) is 5.11 Å². The molecule has 2 rings (SSSR count). The highest BCUT2D eigenvalue weighted by Gasteiger charge is 2.13. The van der Waals surface area contributed by atoms with E-state index in [1.54, 1.807) is 6.07 Å². The van der Waals surface area contributed by atoms with Gasteiger partial charge in [0.05, 0.1) is 6.57 Å². The van der Waals surface area contributed by atoms with Gasteiger partial charge in [-0.25, -0.2) is 4.85 Å². The number of phenols is 1. The molecule has 6 nitrogen and oxygen atoms in total. The quantitative estimate of drug-likeness (QED) is 0.542. The van der Waals surface area contributed by atoms with Crippen molar-refractivity contribution in [2.24, 2.45) is 10.2 Å². The first-order valence-corrected chi connectivity index (χ1v) is 7.80. The fraction of sp³-hybridized carbons (Fsp3) is 0.412. The molecule has 2 aromatic rings. The van der Waals surface area contributed by atoms with E-state index in [0.717, 1.165) is 30.5 Å². The second kappa shape index (κ2) is 7.54. The van der Waals surface area contributed by atoms with Crippen molar-refractivity contribution in [2.75, 3.05) is 0 Å². The van der Waals surface area contributed by atoms with Crippen molar-refractivity contribution in [1.29, 1.82) is 0 Å². The van der Waals surface area contributed by atoms with Crippen LogP contribution in [0.5, 0.6) is 5.75 Å². The van der Waals surface area contributed by atoms with E-state index in [-0.39, 0.29) is 11.6 Å². The zero-order chi connectivity index (χ0) is 16.8. The highest BCUT2D eigenvalue weighted by molar-refractivity contribution is 5.65. The third kappa shape index (κ3) is 3.75. The van der Waals surface area contributed by atoms with Crippen LogP contribution in [0.4, 0.5) is 17.2 Å². The van der Waals surface area contributed by atoms with Crippen LogP contribution in [-0.4, -0.2) is 15.3 Å². The molecular formula is C17H21N5O. The van der Waals surface area contributed by atoms with Crippen molar-refractivity contribution in [2.45, 2.75) is 46.0 Å². The summed E-state index contributed by atoms with van der Waals surface area (Å²) in [7, 11) is 0. The normalized spacial score (nSPS) is 12.4. The van der Waals surface area contributed by atoms with Crippen molar-refractivity contribution < 1.29 is 5.11 Å². The Morgan fingerprint density at radius 1 is 1.35 bits per heavy atom. The monoisotopic (exact) mass is 311 g/mol. The molecule has 120 valence electrons. The van der Waals surface area contributed by atoms with Crippen LogP contribution in [0.2, 0.25) is 0 Å². The molecule has 23 heavy (non-hydrogen) atoms. The average Bonchev–Trinajstić information content (AvgIpc) is 2.95. The van der Waals surface area contributed by atoms with E-state index in [4.69, 9.17) is 6.57 Å². The van der Waals surface area contributed by atoms with Gasteiger partial charge in [-0.05, 0) is 36.5 Å². The standard InChI is InChI=1S/C17H21N5O/c1-5-7-13-16(18-4)17(21-19-13)22-20-14-10-12(11(3)6-2)8-9-15(14)23/h8-11,23H,5-7H2,1-3H3,(H,19,21). The third-order valence-electron chi connectivity index (χ3n) is 3.84. The Bertz CT molecular complexity index is 742. The molecule has 6 heteroatoms. The smallest absolute Gasteiger partial charge is 0.254 e. The van der Waals surface area contributed by atoms with Gasteiger partial charge >= 0.3 is 0 Å². The SMILES string of the molecule is [C-]#[N+]c1c(N=Nc2cc(C(C)CC)ccc2O)n[nH]c1CCC. The Morgan fingerprint density at radius 3 is 2.78 bits per heavy atom. The number of aryl methyl sites for hydroxylation is 1. The summed E-state index contributed by atoms with van der Waals surface area (Å²) in [5.74, 6) is 0.705. The molecule has 0 aliphatic rings. The molecule has 1 atom stereocenters. The summed E-state index contributed by atoms with van der Waals surface area (Å²) in [6, 6.07) is 5.34. The first kappa shape index (κ1) is 16.7. The number of nitrogens with zero attached hydrogens (tertiary/aromatic N) is 4. The van der Waals surface area contributed by atoms with E-state index in [0.29, 0.717) is 17.3 Å². The molecule has 0 saturated carbocycles. The second-order valence-corrected chi connectivity index (χ2v) is 5.49. The molecule has 0 spiro atoms. The number of rotatable bonds is 6. The van der Waals surface area contributed by atoms with Crippen molar-refractivity contribution in [3.05, 3.63) is 40.9 Å². The van der Waals surface area contributed by atoms with E-state index < -0.39 is 0 Å². The summed E-state index contributed by atoms with van der Waals surface area (Å²) in [5, 5.41) is 25.0. The zero-order valence-electron chi connectivity index (χ0n) is 13.7. The molecule has 0 bridgehead atoms. The summed E-state index contributed by atoms with van der Waals surface area (Å²) in [5.41, 5.74) is 2.65. The maximum Gasteiger partial charge on any atom is 0.254 e. The predicted octanol–water partition coefficient (Wildman–Crippen LogP) is 5.55. The molecule has 1 aromatic carbocycles. The minimum Gasteiger partial charge on any atom is -0.506 e. The predicted molar refractivity (Wildman–Crippen MR) is 89.8 cm³/mol. The fourth-order valence-electron chi connectivity index (χ4n) is 2.24. The van der Waals surface area contributed by atoms with Gasteiger partial charge in [0.15, 0.2) is 0 Å². The molecule has 0 aliphatic heterocycles. The van der Waals surface area contributed by atoms with Gasteiger partial charge in [0.2, 0.25) is 5.82 Å². The van der Waals surface area contributed by atoms with E-state index >= 15 is 0 Å². The number of hydrogen-bond donors (Lipinski definition) is 2. The van der Waals surface area contributed by atoms with Crippen LogP contribution in [0, 0.1) is 6.57 Å². The first-order chi connectivity index (χ1) is 11.1. The summed E-state index contributed by atoms with van der Waals surface area (Å²) in [4.78, 5) is 3.48. The average molecular weight is 311 g/mol. The molecule has 1 aromatic heterocycles. The molecule has 1 unspecified atom stereocenters. The van der Waals surface area contributed by atoms with Gasteiger partial charge in [-0.3, -0.25) is 5.10 Å². The molecule has 0 fully saturated rings.